The predicted molar refractivity (Wildman–Crippen MR) is 54.4 cm³/mol. The minimum Gasteiger partial charge on any atom is -0.393 e. The Hall–Kier alpha value is -0.0400. The molecule has 0 bridgehead atoms. The van der Waals surface area contributed by atoms with Gasteiger partial charge in [-0.05, 0) is 48.9 Å². The maximum atomic E-state index is 9.62. The Bertz CT molecular complexity index is 199. The number of rotatable bonds is 2. The van der Waals surface area contributed by atoms with Gasteiger partial charge in [0.15, 0.2) is 0 Å². The summed E-state index contributed by atoms with van der Waals surface area (Å²) in [4.78, 5) is 0. The van der Waals surface area contributed by atoms with Gasteiger partial charge in [-0.1, -0.05) is 20.8 Å². The molecule has 2 aliphatic carbocycles. The van der Waals surface area contributed by atoms with Crippen molar-refractivity contribution in [3.8, 4) is 0 Å². The van der Waals surface area contributed by atoms with E-state index in [4.69, 9.17) is 0 Å². The summed E-state index contributed by atoms with van der Waals surface area (Å²) in [7, 11) is 0. The molecule has 1 N–H and O–H groups in total. The molecule has 13 heavy (non-hydrogen) atoms. The van der Waals surface area contributed by atoms with Gasteiger partial charge in [0, 0.05) is 0 Å². The van der Waals surface area contributed by atoms with Gasteiger partial charge >= 0.3 is 0 Å². The van der Waals surface area contributed by atoms with Crippen molar-refractivity contribution in [3.05, 3.63) is 0 Å². The monoisotopic (exact) mass is 182 g/mol. The zero-order valence-electron chi connectivity index (χ0n) is 9.09. The standard InChI is InChI=1S/C12H22O/c1-4-12-6-5-9(13)7-10(12)11(12)8(2)3/h8-11,13H,4-7H2,1-3H3. The van der Waals surface area contributed by atoms with Crippen LogP contribution in [0.5, 0.6) is 0 Å². The molecule has 76 valence electrons. The van der Waals surface area contributed by atoms with Crippen molar-refractivity contribution in [2.24, 2.45) is 23.2 Å². The Labute approximate surface area is 81.5 Å². The third kappa shape index (κ3) is 1.24. The highest BCUT2D eigenvalue weighted by atomic mass is 16.3. The molecule has 2 saturated carbocycles. The summed E-state index contributed by atoms with van der Waals surface area (Å²) in [5, 5.41) is 9.62. The summed E-state index contributed by atoms with van der Waals surface area (Å²) in [5.74, 6) is 2.58. The van der Waals surface area contributed by atoms with Gasteiger partial charge in [-0.3, -0.25) is 0 Å². The van der Waals surface area contributed by atoms with Crippen molar-refractivity contribution in [1.82, 2.24) is 0 Å². The second kappa shape index (κ2) is 2.98. The van der Waals surface area contributed by atoms with Crippen LogP contribution in [0.15, 0.2) is 0 Å². The molecule has 0 spiro atoms. The number of aliphatic hydroxyl groups is 1. The van der Waals surface area contributed by atoms with E-state index < -0.39 is 0 Å². The van der Waals surface area contributed by atoms with Gasteiger partial charge in [-0.15, -0.1) is 0 Å². The molecule has 0 radical (unpaired) electrons. The van der Waals surface area contributed by atoms with Crippen LogP contribution in [0.1, 0.15) is 46.5 Å². The fourth-order valence-electron chi connectivity index (χ4n) is 4.00. The van der Waals surface area contributed by atoms with Crippen LogP contribution < -0.4 is 0 Å². The predicted octanol–water partition coefficient (Wildman–Crippen LogP) is 2.83. The molecule has 0 aromatic heterocycles. The van der Waals surface area contributed by atoms with E-state index in [0.29, 0.717) is 5.41 Å². The maximum absolute atomic E-state index is 9.62. The topological polar surface area (TPSA) is 20.2 Å². The summed E-state index contributed by atoms with van der Waals surface area (Å²) in [6.45, 7) is 7.01. The van der Waals surface area contributed by atoms with E-state index in [2.05, 4.69) is 20.8 Å². The molecular weight excluding hydrogens is 160 g/mol. The number of hydrogen-bond donors (Lipinski definition) is 1. The second-order valence-corrected chi connectivity index (χ2v) is 5.39. The second-order valence-electron chi connectivity index (χ2n) is 5.39. The molecule has 2 aliphatic rings. The molecule has 0 amide bonds. The molecule has 4 unspecified atom stereocenters. The molecule has 2 fully saturated rings. The highest BCUT2D eigenvalue weighted by Crippen LogP contribution is 2.70. The van der Waals surface area contributed by atoms with Crippen LogP contribution in [0.25, 0.3) is 0 Å². The van der Waals surface area contributed by atoms with E-state index in [9.17, 15) is 5.11 Å². The zero-order valence-corrected chi connectivity index (χ0v) is 9.09. The summed E-state index contributed by atoms with van der Waals surface area (Å²) in [6.07, 6.45) is 4.74. The summed E-state index contributed by atoms with van der Waals surface area (Å²) >= 11 is 0. The third-order valence-corrected chi connectivity index (χ3v) is 4.57. The molecule has 0 aromatic carbocycles. The van der Waals surface area contributed by atoms with Crippen molar-refractivity contribution < 1.29 is 5.11 Å². The number of aliphatic hydroxyl groups excluding tert-OH is 1. The van der Waals surface area contributed by atoms with Gasteiger partial charge in [-0.25, -0.2) is 0 Å². The van der Waals surface area contributed by atoms with Crippen LogP contribution in [-0.4, -0.2) is 11.2 Å². The quantitative estimate of drug-likeness (QED) is 0.696. The minimum absolute atomic E-state index is 0.00780. The van der Waals surface area contributed by atoms with Crippen LogP contribution in [0.2, 0.25) is 0 Å². The smallest absolute Gasteiger partial charge is 0.0543 e. The van der Waals surface area contributed by atoms with E-state index in [0.717, 1.165) is 30.6 Å². The molecule has 1 nitrogen and oxygen atoms in total. The molecule has 0 aliphatic heterocycles. The minimum atomic E-state index is 0.00780. The Kier molecular flexibility index (Phi) is 2.18. The van der Waals surface area contributed by atoms with Gasteiger partial charge in [-0.2, -0.15) is 0 Å². The van der Waals surface area contributed by atoms with Gasteiger partial charge in [0.1, 0.15) is 0 Å². The Morgan fingerprint density at radius 3 is 2.69 bits per heavy atom. The lowest BCUT2D eigenvalue weighted by atomic mass is 9.84. The van der Waals surface area contributed by atoms with Crippen LogP contribution in [0.4, 0.5) is 0 Å². The van der Waals surface area contributed by atoms with Crippen LogP contribution in [0.3, 0.4) is 0 Å². The summed E-state index contributed by atoms with van der Waals surface area (Å²) < 4.78 is 0. The Morgan fingerprint density at radius 1 is 1.46 bits per heavy atom. The molecule has 0 aromatic rings. The first kappa shape index (κ1) is 9.51. The largest absolute Gasteiger partial charge is 0.393 e. The van der Waals surface area contributed by atoms with Gasteiger partial charge in [0.05, 0.1) is 6.10 Å². The van der Waals surface area contributed by atoms with Gasteiger partial charge < -0.3 is 5.11 Å². The van der Waals surface area contributed by atoms with E-state index in [1.54, 1.807) is 0 Å². The molecule has 2 rings (SSSR count). The average Bonchev–Trinajstić information content (AvgIpc) is 2.73. The number of hydrogen-bond acceptors (Lipinski definition) is 1. The van der Waals surface area contributed by atoms with Crippen molar-refractivity contribution in [1.29, 1.82) is 0 Å². The highest BCUT2D eigenvalue weighted by Gasteiger charge is 2.64. The molecule has 4 atom stereocenters. The molecular formula is C12H22O. The van der Waals surface area contributed by atoms with Crippen molar-refractivity contribution in [2.75, 3.05) is 0 Å². The average molecular weight is 182 g/mol. The Balaban J connectivity index is 2.09. The van der Waals surface area contributed by atoms with Crippen molar-refractivity contribution in [3.63, 3.8) is 0 Å². The van der Waals surface area contributed by atoms with E-state index in [1.807, 2.05) is 0 Å². The first-order valence-electron chi connectivity index (χ1n) is 5.80. The molecule has 0 heterocycles. The van der Waals surface area contributed by atoms with Crippen LogP contribution in [-0.2, 0) is 0 Å². The Morgan fingerprint density at radius 2 is 2.15 bits per heavy atom. The van der Waals surface area contributed by atoms with Crippen LogP contribution in [0, 0.1) is 23.2 Å². The van der Waals surface area contributed by atoms with Gasteiger partial charge in [0.2, 0.25) is 0 Å². The van der Waals surface area contributed by atoms with Crippen molar-refractivity contribution >= 4 is 0 Å². The highest BCUT2D eigenvalue weighted by molar-refractivity contribution is 5.13. The lowest BCUT2D eigenvalue weighted by molar-refractivity contribution is 0.104. The fraction of sp³-hybridized carbons (Fsp3) is 1.00. The SMILES string of the molecule is CCC12CCC(O)CC1C2C(C)C. The summed E-state index contributed by atoms with van der Waals surface area (Å²) in [6, 6.07) is 0. The normalized spacial score (nSPS) is 49.2. The molecule has 0 saturated heterocycles. The maximum Gasteiger partial charge on any atom is 0.0543 e. The van der Waals surface area contributed by atoms with Crippen molar-refractivity contribution in [2.45, 2.75) is 52.6 Å². The molecule has 1 heteroatoms. The van der Waals surface area contributed by atoms with E-state index in [1.165, 1.54) is 12.8 Å². The zero-order chi connectivity index (χ0) is 9.64. The lowest BCUT2D eigenvalue weighted by Crippen LogP contribution is -2.19. The van der Waals surface area contributed by atoms with Crippen LogP contribution >= 0.6 is 0 Å². The van der Waals surface area contributed by atoms with Gasteiger partial charge in [0.25, 0.3) is 0 Å². The fourth-order valence-corrected chi connectivity index (χ4v) is 4.00. The first-order valence-corrected chi connectivity index (χ1v) is 5.80. The third-order valence-electron chi connectivity index (χ3n) is 4.57. The summed E-state index contributed by atoms with van der Waals surface area (Å²) in [5.41, 5.74) is 0.646. The van der Waals surface area contributed by atoms with E-state index >= 15 is 0 Å². The lowest BCUT2D eigenvalue weighted by Gasteiger charge is -2.24. The number of fused-ring (bicyclic) bond motifs is 1. The first-order chi connectivity index (χ1) is 6.12. The van der Waals surface area contributed by atoms with E-state index in [-0.39, 0.29) is 6.10 Å².